The van der Waals surface area contributed by atoms with Crippen LogP contribution in [0, 0.1) is 0 Å². The Morgan fingerprint density at radius 2 is 1.83 bits per heavy atom. The largest absolute Gasteiger partial charge is 0.464 e. The molecule has 5 heteroatoms. The van der Waals surface area contributed by atoms with Crippen molar-refractivity contribution in [3.63, 3.8) is 0 Å². The van der Waals surface area contributed by atoms with Crippen molar-refractivity contribution in [1.29, 1.82) is 0 Å². The predicted molar refractivity (Wildman–Crippen MR) is 44.7 cm³/mol. The molecule has 4 N–H and O–H groups in total. The summed E-state index contributed by atoms with van der Waals surface area (Å²) in [6.07, 6.45) is -0.991. The summed E-state index contributed by atoms with van der Waals surface area (Å²) in [4.78, 5) is 10.3. The average molecular weight is 182 g/mol. The number of rotatable bonds is 2. The minimum absolute atomic E-state index is 0. The highest BCUT2D eigenvalue weighted by atomic mass is 16.5. The summed E-state index contributed by atoms with van der Waals surface area (Å²) in [5.41, 5.74) is 0. The molecule has 0 amide bonds. The summed E-state index contributed by atoms with van der Waals surface area (Å²) < 4.78 is 4.41. The van der Waals surface area contributed by atoms with Crippen molar-refractivity contribution in [3.05, 3.63) is 0 Å². The fourth-order valence-electron chi connectivity index (χ4n) is 0.263. The van der Waals surface area contributed by atoms with Crippen LogP contribution < -0.4 is 0 Å². The van der Waals surface area contributed by atoms with Gasteiger partial charge in [0.05, 0.1) is 6.61 Å². The monoisotopic (exact) mass is 182 g/mol. The second kappa shape index (κ2) is 13.0. The van der Waals surface area contributed by atoms with Gasteiger partial charge in [0.1, 0.15) is 6.10 Å². The van der Waals surface area contributed by atoms with Gasteiger partial charge in [-0.15, -0.1) is 0 Å². The first-order valence-electron chi connectivity index (χ1n) is 3.55. The Morgan fingerprint density at radius 3 is 1.92 bits per heavy atom. The third-order valence-corrected chi connectivity index (χ3v) is 0.628. The molecule has 1 atom stereocenters. The lowest BCUT2D eigenvalue weighted by molar-refractivity contribution is -0.151. The normalized spacial score (nSPS) is 10.1. The summed E-state index contributed by atoms with van der Waals surface area (Å²) in [6.45, 7) is 5.32. The number of ether oxygens (including phenoxy) is 1. The second-order valence-corrected chi connectivity index (χ2v) is 1.74. The molecule has 0 fully saturated rings. The van der Waals surface area contributed by atoms with Crippen LogP contribution in [0.15, 0.2) is 0 Å². The van der Waals surface area contributed by atoms with Gasteiger partial charge in [-0.2, -0.15) is 0 Å². The second-order valence-electron chi connectivity index (χ2n) is 1.74. The molecule has 0 aromatic rings. The molecule has 0 aliphatic rings. The summed E-state index contributed by atoms with van der Waals surface area (Å²) in [5, 5.41) is 16.0. The molecule has 5 nitrogen and oxygen atoms in total. The van der Waals surface area contributed by atoms with Crippen LogP contribution in [-0.4, -0.2) is 41.0 Å². The maximum absolute atomic E-state index is 10.3. The topological polar surface area (TPSA) is 98.3 Å². The maximum Gasteiger partial charge on any atom is 0.334 e. The Balaban J connectivity index is -0.000000177. The van der Waals surface area contributed by atoms with Gasteiger partial charge in [0.2, 0.25) is 0 Å². The first-order chi connectivity index (χ1) is 5.09. The number of aliphatic hydroxyl groups is 2. The minimum atomic E-state index is -0.991. The van der Waals surface area contributed by atoms with Crippen LogP contribution in [0.2, 0.25) is 0 Å². The van der Waals surface area contributed by atoms with Gasteiger partial charge in [0.15, 0.2) is 0 Å². The maximum atomic E-state index is 10.3. The molecule has 0 aliphatic heterocycles. The molecule has 0 spiro atoms. The van der Waals surface area contributed by atoms with Crippen molar-refractivity contribution in [2.45, 2.75) is 26.9 Å². The summed E-state index contributed by atoms with van der Waals surface area (Å²) >= 11 is 0. The van der Waals surface area contributed by atoms with E-state index in [1.807, 2.05) is 0 Å². The van der Waals surface area contributed by atoms with Crippen molar-refractivity contribution in [3.8, 4) is 0 Å². The average Bonchev–Trinajstić information content (AvgIpc) is 1.90. The van der Waals surface area contributed by atoms with Crippen LogP contribution in [0.25, 0.3) is 0 Å². The lowest BCUT2D eigenvalue weighted by Crippen LogP contribution is -2.18. The first-order valence-corrected chi connectivity index (χ1v) is 3.55. The Labute approximate surface area is 72.3 Å². The quantitative estimate of drug-likeness (QED) is 0.541. The molecule has 0 aromatic heterocycles. The molecule has 0 rings (SSSR count). The molecule has 0 bridgehead atoms. The number of hydrogen-bond acceptors (Lipinski definition) is 4. The Kier molecular flexibility index (Phi) is 18.9. The molecule has 1 unspecified atom stereocenters. The fourth-order valence-corrected chi connectivity index (χ4v) is 0.263. The van der Waals surface area contributed by atoms with Gasteiger partial charge in [-0.25, -0.2) is 4.79 Å². The van der Waals surface area contributed by atoms with E-state index in [1.54, 1.807) is 13.8 Å². The smallest absolute Gasteiger partial charge is 0.334 e. The van der Waals surface area contributed by atoms with E-state index in [9.17, 15) is 4.79 Å². The Bertz CT molecular complexity index is 91.8. The van der Waals surface area contributed by atoms with Crippen LogP contribution in [0.3, 0.4) is 0 Å². The van der Waals surface area contributed by atoms with E-state index in [0.29, 0.717) is 6.61 Å². The van der Waals surface area contributed by atoms with Crippen molar-refractivity contribution in [2.75, 3.05) is 13.2 Å². The minimum Gasteiger partial charge on any atom is -0.464 e. The summed E-state index contributed by atoms with van der Waals surface area (Å²) in [5.74, 6) is -0.562. The molecular formula is C7H18O5. The zero-order valence-corrected chi connectivity index (χ0v) is 7.70. The third kappa shape index (κ3) is 16.2. The number of carbonyl (C=O) groups is 1. The van der Waals surface area contributed by atoms with E-state index in [-0.39, 0.29) is 12.1 Å². The van der Waals surface area contributed by atoms with Crippen molar-refractivity contribution < 1.29 is 25.2 Å². The standard InChI is InChI=1S/C5H10O3.C2H6O.H2O/c1-3-8-5(7)4(2)6;1-2-3;/h4,6H,3H2,1-2H3;3H,2H2,1H3;1H2. The van der Waals surface area contributed by atoms with Crippen LogP contribution in [0.1, 0.15) is 20.8 Å². The van der Waals surface area contributed by atoms with Crippen molar-refractivity contribution in [1.82, 2.24) is 0 Å². The van der Waals surface area contributed by atoms with E-state index in [2.05, 4.69) is 4.74 Å². The first kappa shape index (κ1) is 17.4. The molecule has 0 saturated heterocycles. The number of esters is 1. The van der Waals surface area contributed by atoms with E-state index < -0.39 is 12.1 Å². The van der Waals surface area contributed by atoms with Crippen LogP contribution >= 0.6 is 0 Å². The fraction of sp³-hybridized carbons (Fsp3) is 0.857. The summed E-state index contributed by atoms with van der Waals surface area (Å²) in [7, 11) is 0. The molecule has 0 heterocycles. The van der Waals surface area contributed by atoms with Crippen LogP contribution in [-0.2, 0) is 9.53 Å². The molecule has 12 heavy (non-hydrogen) atoms. The lowest BCUT2D eigenvalue weighted by atomic mass is 10.4. The molecular weight excluding hydrogens is 164 g/mol. The van der Waals surface area contributed by atoms with Crippen molar-refractivity contribution >= 4 is 5.97 Å². The number of carbonyl (C=O) groups excluding carboxylic acids is 1. The predicted octanol–water partition coefficient (Wildman–Crippen LogP) is -0.896. The Morgan fingerprint density at radius 1 is 1.50 bits per heavy atom. The van der Waals surface area contributed by atoms with E-state index in [1.165, 1.54) is 6.92 Å². The van der Waals surface area contributed by atoms with Crippen LogP contribution in [0.5, 0.6) is 0 Å². The zero-order chi connectivity index (χ0) is 9.28. The van der Waals surface area contributed by atoms with Crippen molar-refractivity contribution in [2.24, 2.45) is 0 Å². The SMILES string of the molecule is CCO.CCOC(=O)C(C)O.O. The third-order valence-electron chi connectivity index (χ3n) is 0.628. The van der Waals surface area contributed by atoms with Gasteiger partial charge in [-0.05, 0) is 20.8 Å². The van der Waals surface area contributed by atoms with Crippen LogP contribution in [0.4, 0.5) is 0 Å². The highest BCUT2D eigenvalue weighted by molar-refractivity contribution is 5.73. The number of aliphatic hydroxyl groups excluding tert-OH is 2. The molecule has 0 saturated carbocycles. The van der Waals surface area contributed by atoms with E-state index in [4.69, 9.17) is 10.2 Å². The molecule has 0 aliphatic carbocycles. The lowest BCUT2D eigenvalue weighted by Gasteiger charge is -2.01. The Hall–Kier alpha value is -0.650. The van der Waals surface area contributed by atoms with Gasteiger partial charge in [0.25, 0.3) is 0 Å². The molecule has 0 aromatic carbocycles. The zero-order valence-electron chi connectivity index (χ0n) is 7.70. The van der Waals surface area contributed by atoms with Gasteiger partial charge < -0.3 is 20.4 Å². The molecule has 0 radical (unpaired) electrons. The van der Waals surface area contributed by atoms with Gasteiger partial charge in [-0.3, -0.25) is 0 Å². The van der Waals surface area contributed by atoms with E-state index >= 15 is 0 Å². The highest BCUT2D eigenvalue weighted by Gasteiger charge is 2.07. The molecule has 76 valence electrons. The van der Waals surface area contributed by atoms with Gasteiger partial charge in [-0.1, -0.05) is 0 Å². The summed E-state index contributed by atoms with van der Waals surface area (Å²) in [6, 6.07) is 0. The van der Waals surface area contributed by atoms with Gasteiger partial charge in [0, 0.05) is 6.61 Å². The van der Waals surface area contributed by atoms with Gasteiger partial charge >= 0.3 is 5.97 Å². The highest BCUT2D eigenvalue weighted by Crippen LogP contribution is 1.84. The number of hydrogen-bond donors (Lipinski definition) is 2. The van der Waals surface area contributed by atoms with E-state index in [0.717, 1.165) is 0 Å².